The van der Waals surface area contributed by atoms with Crippen molar-refractivity contribution < 1.29 is 14.2 Å². The Morgan fingerprint density at radius 2 is 1.96 bits per heavy atom. The molecule has 0 aromatic carbocycles. The van der Waals surface area contributed by atoms with E-state index in [1.54, 1.807) is 6.20 Å². The van der Waals surface area contributed by atoms with Gasteiger partial charge in [0.15, 0.2) is 0 Å². The van der Waals surface area contributed by atoms with Crippen LogP contribution in [0.4, 0.5) is 0 Å². The Hall–Kier alpha value is -1.17. The molecule has 1 spiro atoms. The van der Waals surface area contributed by atoms with Gasteiger partial charge in [0, 0.05) is 51.7 Å². The number of hydrogen-bond acceptors (Lipinski definition) is 5. The molecule has 0 bridgehead atoms. The van der Waals surface area contributed by atoms with Crippen LogP contribution in [-0.2, 0) is 9.47 Å². The largest absolute Gasteiger partial charge is 0.478 e. The standard InChI is InChI=1S/C21H32N2O3/c1-2-10-22-20(3-1)25-15-6-19-7-16-26-21(19)8-11-23(12-9-21)17-18-4-13-24-14-5-18/h1-3,10,18-19H,4-9,11-17H2/t19-/m0/s1. The number of aromatic nitrogens is 1. The Kier molecular flexibility index (Phi) is 6.08. The zero-order valence-corrected chi connectivity index (χ0v) is 15.8. The number of hydrogen-bond donors (Lipinski definition) is 0. The van der Waals surface area contributed by atoms with Crippen LogP contribution in [0.5, 0.6) is 5.88 Å². The van der Waals surface area contributed by atoms with Crippen LogP contribution in [0.3, 0.4) is 0 Å². The van der Waals surface area contributed by atoms with Crippen molar-refractivity contribution >= 4 is 0 Å². The van der Waals surface area contributed by atoms with E-state index in [4.69, 9.17) is 14.2 Å². The lowest BCUT2D eigenvalue weighted by molar-refractivity contribution is -0.0733. The molecule has 26 heavy (non-hydrogen) atoms. The van der Waals surface area contributed by atoms with Crippen molar-refractivity contribution in [2.24, 2.45) is 11.8 Å². The van der Waals surface area contributed by atoms with Crippen molar-refractivity contribution in [3.05, 3.63) is 24.4 Å². The van der Waals surface area contributed by atoms with Crippen LogP contribution in [0.15, 0.2) is 24.4 Å². The highest BCUT2D eigenvalue weighted by Crippen LogP contribution is 2.42. The van der Waals surface area contributed by atoms with Crippen LogP contribution in [0.25, 0.3) is 0 Å². The highest BCUT2D eigenvalue weighted by molar-refractivity contribution is 5.09. The summed E-state index contributed by atoms with van der Waals surface area (Å²) in [5.74, 6) is 2.17. The van der Waals surface area contributed by atoms with E-state index < -0.39 is 0 Å². The first-order valence-corrected chi connectivity index (χ1v) is 10.3. The van der Waals surface area contributed by atoms with Crippen LogP contribution in [0, 0.1) is 11.8 Å². The summed E-state index contributed by atoms with van der Waals surface area (Å²) in [6.07, 6.45) is 8.82. The van der Waals surface area contributed by atoms with E-state index in [9.17, 15) is 0 Å². The smallest absolute Gasteiger partial charge is 0.213 e. The van der Waals surface area contributed by atoms with Crippen molar-refractivity contribution in [3.63, 3.8) is 0 Å². The number of ether oxygens (including phenoxy) is 3. The maximum atomic E-state index is 6.32. The van der Waals surface area contributed by atoms with Gasteiger partial charge in [-0.3, -0.25) is 0 Å². The maximum Gasteiger partial charge on any atom is 0.213 e. The third kappa shape index (κ3) is 4.38. The first-order valence-electron chi connectivity index (χ1n) is 10.3. The lowest BCUT2D eigenvalue weighted by Gasteiger charge is -2.43. The molecule has 5 heteroatoms. The zero-order chi connectivity index (χ0) is 17.7. The highest BCUT2D eigenvalue weighted by Gasteiger charge is 2.45. The van der Waals surface area contributed by atoms with Gasteiger partial charge in [-0.05, 0) is 56.4 Å². The molecule has 1 aromatic heterocycles. The van der Waals surface area contributed by atoms with Crippen LogP contribution >= 0.6 is 0 Å². The minimum Gasteiger partial charge on any atom is -0.478 e. The number of rotatable bonds is 6. The van der Waals surface area contributed by atoms with Crippen molar-refractivity contribution in [1.29, 1.82) is 0 Å². The molecule has 4 rings (SSSR count). The Morgan fingerprint density at radius 3 is 2.73 bits per heavy atom. The Balaban J connectivity index is 1.24. The SMILES string of the molecule is c1ccc(OCC[C@H]2CCOC23CCN(CC2CCOCC2)CC3)nc1. The Morgan fingerprint density at radius 1 is 1.12 bits per heavy atom. The molecule has 144 valence electrons. The number of nitrogens with zero attached hydrogens (tertiary/aromatic N) is 2. The molecule has 0 radical (unpaired) electrons. The van der Waals surface area contributed by atoms with E-state index in [0.717, 1.165) is 44.6 Å². The van der Waals surface area contributed by atoms with Gasteiger partial charge in [-0.1, -0.05) is 6.07 Å². The number of pyridine rings is 1. The normalized spacial score (nSPS) is 27.0. The molecule has 0 amide bonds. The van der Waals surface area contributed by atoms with Crippen molar-refractivity contribution in [2.75, 3.05) is 46.1 Å². The summed E-state index contributed by atoms with van der Waals surface area (Å²) in [6, 6.07) is 5.81. The molecule has 0 saturated carbocycles. The summed E-state index contributed by atoms with van der Waals surface area (Å²) in [6.45, 7) is 7.14. The third-order valence-electron chi connectivity index (χ3n) is 6.51. The quantitative estimate of drug-likeness (QED) is 0.780. The fourth-order valence-corrected chi connectivity index (χ4v) is 4.89. The molecule has 3 fully saturated rings. The summed E-state index contributed by atoms with van der Waals surface area (Å²) in [7, 11) is 0. The van der Waals surface area contributed by atoms with E-state index >= 15 is 0 Å². The van der Waals surface area contributed by atoms with Gasteiger partial charge < -0.3 is 19.1 Å². The van der Waals surface area contributed by atoms with Gasteiger partial charge in [-0.25, -0.2) is 4.98 Å². The van der Waals surface area contributed by atoms with Gasteiger partial charge in [0.1, 0.15) is 0 Å². The van der Waals surface area contributed by atoms with E-state index in [-0.39, 0.29) is 5.60 Å². The van der Waals surface area contributed by atoms with E-state index in [0.29, 0.717) is 5.92 Å². The third-order valence-corrected chi connectivity index (χ3v) is 6.51. The molecule has 0 unspecified atom stereocenters. The molecule has 1 atom stereocenters. The molecule has 3 aliphatic heterocycles. The minimum atomic E-state index is 0.0969. The molecule has 5 nitrogen and oxygen atoms in total. The summed E-state index contributed by atoms with van der Waals surface area (Å²) < 4.78 is 17.6. The highest BCUT2D eigenvalue weighted by atomic mass is 16.5. The Bertz CT molecular complexity index is 539. The van der Waals surface area contributed by atoms with Crippen molar-refractivity contribution in [2.45, 2.75) is 44.1 Å². The number of piperidine rings is 1. The lowest BCUT2D eigenvalue weighted by Crippen LogP contribution is -2.49. The fourth-order valence-electron chi connectivity index (χ4n) is 4.89. The van der Waals surface area contributed by atoms with Crippen molar-refractivity contribution in [3.8, 4) is 5.88 Å². The van der Waals surface area contributed by atoms with E-state index in [2.05, 4.69) is 9.88 Å². The van der Waals surface area contributed by atoms with Crippen LogP contribution in [0.2, 0.25) is 0 Å². The predicted octanol–water partition coefficient (Wildman–Crippen LogP) is 3.15. The average molecular weight is 360 g/mol. The molecule has 3 saturated heterocycles. The zero-order valence-electron chi connectivity index (χ0n) is 15.8. The van der Waals surface area contributed by atoms with Gasteiger partial charge in [-0.2, -0.15) is 0 Å². The monoisotopic (exact) mass is 360 g/mol. The number of likely N-dealkylation sites (tertiary alicyclic amines) is 1. The molecule has 3 aliphatic rings. The molecule has 0 aliphatic carbocycles. The summed E-state index contributed by atoms with van der Waals surface area (Å²) in [4.78, 5) is 6.90. The van der Waals surface area contributed by atoms with Crippen molar-refractivity contribution in [1.82, 2.24) is 9.88 Å². The fraction of sp³-hybridized carbons (Fsp3) is 0.762. The van der Waals surface area contributed by atoms with E-state index in [1.807, 2.05) is 18.2 Å². The molecular formula is C21H32N2O3. The molecular weight excluding hydrogens is 328 g/mol. The minimum absolute atomic E-state index is 0.0969. The van der Waals surface area contributed by atoms with Gasteiger partial charge in [0.2, 0.25) is 5.88 Å². The summed E-state index contributed by atoms with van der Waals surface area (Å²) >= 11 is 0. The molecule has 0 N–H and O–H groups in total. The second-order valence-corrected chi connectivity index (χ2v) is 8.06. The van der Waals surface area contributed by atoms with Crippen LogP contribution < -0.4 is 4.74 Å². The first kappa shape index (κ1) is 18.2. The van der Waals surface area contributed by atoms with Gasteiger partial charge in [0.25, 0.3) is 0 Å². The second-order valence-electron chi connectivity index (χ2n) is 8.06. The summed E-state index contributed by atoms with van der Waals surface area (Å²) in [5.41, 5.74) is 0.0969. The predicted molar refractivity (Wildman–Crippen MR) is 100 cm³/mol. The van der Waals surface area contributed by atoms with Crippen LogP contribution in [-0.4, -0.2) is 61.5 Å². The van der Waals surface area contributed by atoms with E-state index in [1.165, 1.54) is 51.7 Å². The topological polar surface area (TPSA) is 43.8 Å². The van der Waals surface area contributed by atoms with Crippen LogP contribution in [0.1, 0.15) is 38.5 Å². The second kappa shape index (κ2) is 8.68. The molecule has 4 heterocycles. The van der Waals surface area contributed by atoms with Gasteiger partial charge >= 0.3 is 0 Å². The first-order chi connectivity index (χ1) is 12.8. The maximum absolute atomic E-state index is 6.32. The Labute approximate surface area is 157 Å². The average Bonchev–Trinajstić information content (AvgIpc) is 3.08. The van der Waals surface area contributed by atoms with Gasteiger partial charge in [0.05, 0.1) is 12.2 Å². The lowest BCUT2D eigenvalue weighted by atomic mass is 9.78. The summed E-state index contributed by atoms with van der Waals surface area (Å²) in [5, 5.41) is 0. The van der Waals surface area contributed by atoms with Gasteiger partial charge in [-0.15, -0.1) is 0 Å². The molecule has 1 aromatic rings.